The Labute approximate surface area is 166 Å². The molecule has 0 bridgehead atoms. The normalized spacial score (nSPS) is 15.5. The standard InChI is InChI=1S/C18H25BrFN3O4/c1-18(2,3)27-17(24)21-7-4-12-5-8-22(9-6-12)15-10-13(19)14(20)11-16(15)23(25)26/h10-12H,4-9H2,1-3H3,(H,21,24). The fourth-order valence-corrected chi connectivity index (χ4v) is 3.41. The number of hydrogen-bond donors (Lipinski definition) is 1. The summed E-state index contributed by atoms with van der Waals surface area (Å²) in [4.78, 5) is 24.3. The van der Waals surface area contributed by atoms with Crippen LogP contribution in [-0.4, -0.2) is 36.3 Å². The predicted octanol–water partition coefficient (Wildman–Crippen LogP) is 4.63. The summed E-state index contributed by atoms with van der Waals surface area (Å²) in [5.41, 5.74) is -0.313. The first-order valence-electron chi connectivity index (χ1n) is 8.92. The number of nitrogens with one attached hydrogen (secondary N) is 1. The molecule has 27 heavy (non-hydrogen) atoms. The zero-order valence-electron chi connectivity index (χ0n) is 15.8. The van der Waals surface area contributed by atoms with Crippen LogP contribution in [0.15, 0.2) is 16.6 Å². The molecule has 0 aromatic heterocycles. The van der Waals surface area contributed by atoms with Gasteiger partial charge in [-0.05, 0) is 67.9 Å². The fourth-order valence-electron chi connectivity index (χ4n) is 3.08. The van der Waals surface area contributed by atoms with E-state index in [0.29, 0.717) is 31.2 Å². The highest BCUT2D eigenvalue weighted by Crippen LogP contribution is 2.35. The van der Waals surface area contributed by atoms with Crippen LogP contribution in [0, 0.1) is 21.8 Å². The summed E-state index contributed by atoms with van der Waals surface area (Å²) < 4.78 is 19.1. The minimum atomic E-state index is -0.645. The molecule has 1 amide bonds. The number of alkyl carbamates (subject to hydrolysis) is 1. The van der Waals surface area contributed by atoms with Crippen molar-refractivity contribution in [2.45, 2.75) is 45.6 Å². The molecule has 1 heterocycles. The van der Waals surface area contributed by atoms with Crippen LogP contribution in [0.25, 0.3) is 0 Å². The highest BCUT2D eigenvalue weighted by atomic mass is 79.9. The van der Waals surface area contributed by atoms with Crippen LogP contribution in [0.1, 0.15) is 40.0 Å². The van der Waals surface area contributed by atoms with E-state index >= 15 is 0 Å². The van der Waals surface area contributed by atoms with Crippen LogP contribution in [0.5, 0.6) is 0 Å². The molecule has 9 heteroatoms. The molecule has 1 fully saturated rings. The number of benzene rings is 1. The summed E-state index contributed by atoms with van der Waals surface area (Å²) in [5.74, 6) is -0.229. The molecule has 0 spiro atoms. The average molecular weight is 446 g/mol. The van der Waals surface area contributed by atoms with Crippen molar-refractivity contribution in [3.8, 4) is 0 Å². The first-order valence-corrected chi connectivity index (χ1v) is 9.71. The molecule has 0 radical (unpaired) electrons. The Balaban J connectivity index is 1.86. The van der Waals surface area contributed by atoms with Gasteiger partial charge in [0.2, 0.25) is 0 Å². The monoisotopic (exact) mass is 445 g/mol. The van der Waals surface area contributed by atoms with Gasteiger partial charge in [0.1, 0.15) is 17.1 Å². The molecule has 1 N–H and O–H groups in total. The summed E-state index contributed by atoms with van der Waals surface area (Å²) >= 11 is 3.10. The molecule has 1 saturated heterocycles. The van der Waals surface area contributed by atoms with Crippen molar-refractivity contribution in [1.82, 2.24) is 5.32 Å². The summed E-state index contributed by atoms with van der Waals surface area (Å²) in [6.07, 6.45) is 2.10. The average Bonchev–Trinajstić information content (AvgIpc) is 2.56. The lowest BCUT2D eigenvalue weighted by Gasteiger charge is -2.33. The van der Waals surface area contributed by atoms with Crippen LogP contribution in [-0.2, 0) is 4.74 Å². The van der Waals surface area contributed by atoms with E-state index in [1.165, 1.54) is 6.07 Å². The second kappa shape index (κ2) is 8.86. The number of halogens is 2. The summed E-state index contributed by atoms with van der Waals surface area (Å²) in [6, 6.07) is 2.42. The fraction of sp³-hybridized carbons (Fsp3) is 0.611. The molecular weight excluding hydrogens is 421 g/mol. The second-order valence-electron chi connectivity index (χ2n) is 7.66. The van der Waals surface area contributed by atoms with Gasteiger partial charge in [0.25, 0.3) is 5.69 Å². The zero-order chi connectivity index (χ0) is 20.2. The topological polar surface area (TPSA) is 84.7 Å². The minimum Gasteiger partial charge on any atom is -0.444 e. The number of carbonyl (C=O) groups is 1. The second-order valence-corrected chi connectivity index (χ2v) is 8.51. The molecule has 0 aliphatic carbocycles. The molecule has 1 aliphatic heterocycles. The Bertz CT molecular complexity index is 701. The van der Waals surface area contributed by atoms with Crippen molar-refractivity contribution in [3.63, 3.8) is 0 Å². The Kier molecular flexibility index (Phi) is 7.02. The molecule has 0 saturated carbocycles. The van der Waals surface area contributed by atoms with Crippen molar-refractivity contribution < 1.29 is 18.8 Å². The molecule has 150 valence electrons. The number of nitro benzene ring substituents is 1. The van der Waals surface area contributed by atoms with Gasteiger partial charge in [-0.3, -0.25) is 10.1 Å². The van der Waals surface area contributed by atoms with Crippen LogP contribution >= 0.6 is 15.9 Å². The largest absolute Gasteiger partial charge is 0.444 e. The third kappa shape index (κ3) is 6.34. The number of carbonyl (C=O) groups excluding carboxylic acids is 1. The van der Waals surface area contributed by atoms with Gasteiger partial charge in [0, 0.05) is 19.6 Å². The molecule has 7 nitrogen and oxygen atoms in total. The molecular formula is C18H25BrFN3O4. The highest BCUT2D eigenvalue weighted by Gasteiger charge is 2.26. The summed E-state index contributed by atoms with van der Waals surface area (Å²) in [6.45, 7) is 7.27. The van der Waals surface area contributed by atoms with Crippen molar-refractivity contribution in [1.29, 1.82) is 0 Å². The van der Waals surface area contributed by atoms with E-state index in [0.717, 1.165) is 25.3 Å². The van der Waals surface area contributed by atoms with Gasteiger partial charge >= 0.3 is 6.09 Å². The molecule has 0 atom stereocenters. The predicted molar refractivity (Wildman–Crippen MR) is 105 cm³/mol. The minimum absolute atomic E-state index is 0.215. The SMILES string of the molecule is CC(C)(C)OC(=O)NCCC1CCN(c2cc(Br)c(F)cc2[N+](=O)[O-])CC1. The first-order chi connectivity index (χ1) is 12.6. The molecule has 1 aliphatic rings. The van der Waals surface area contributed by atoms with Gasteiger partial charge in [0.15, 0.2) is 0 Å². The van der Waals surface area contributed by atoms with E-state index in [2.05, 4.69) is 21.2 Å². The lowest BCUT2D eigenvalue weighted by Crippen LogP contribution is -2.36. The third-order valence-corrected chi connectivity index (χ3v) is 5.00. The van der Waals surface area contributed by atoms with E-state index in [-0.39, 0.29) is 10.2 Å². The number of hydrogen-bond acceptors (Lipinski definition) is 5. The lowest BCUT2D eigenvalue weighted by atomic mass is 9.93. The Morgan fingerprint density at radius 3 is 2.59 bits per heavy atom. The maximum atomic E-state index is 13.6. The van der Waals surface area contributed by atoms with Gasteiger partial charge in [-0.15, -0.1) is 0 Å². The van der Waals surface area contributed by atoms with E-state index < -0.39 is 22.4 Å². The van der Waals surface area contributed by atoms with E-state index in [1.54, 1.807) is 0 Å². The molecule has 1 aromatic carbocycles. The Morgan fingerprint density at radius 1 is 1.41 bits per heavy atom. The van der Waals surface area contributed by atoms with E-state index in [9.17, 15) is 19.3 Å². The lowest BCUT2D eigenvalue weighted by molar-refractivity contribution is -0.384. The van der Waals surface area contributed by atoms with Crippen molar-refractivity contribution >= 4 is 33.4 Å². The van der Waals surface area contributed by atoms with E-state index in [1.807, 2.05) is 25.7 Å². The van der Waals surface area contributed by atoms with Crippen LogP contribution < -0.4 is 10.2 Å². The zero-order valence-corrected chi connectivity index (χ0v) is 17.3. The van der Waals surface area contributed by atoms with Gasteiger partial charge in [0.05, 0.1) is 15.5 Å². The maximum absolute atomic E-state index is 13.6. The Hall–Kier alpha value is -1.90. The number of piperidine rings is 1. The van der Waals surface area contributed by atoms with Crippen molar-refractivity contribution in [2.75, 3.05) is 24.5 Å². The third-order valence-electron chi connectivity index (χ3n) is 4.39. The smallest absolute Gasteiger partial charge is 0.407 e. The van der Waals surface area contributed by atoms with Crippen LogP contribution in [0.3, 0.4) is 0 Å². The molecule has 1 aromatic rings. The van der Waals surface area contributed by atoms with Crippen LogP contribution in [0.2, 0.25) is 0 Å². The number of amides is 1. The van der Waals surface area contributed by atoms with Gasteiger partial charge in [-0.25, -0.2) is 9.18 Å². The van der Waals surface area contributed by atoms with Gasteiger partial charge in [-0.2, -0.15) is 0 Å². The number of anilines is 1. The van der Waals surface area contributed by atoms with Gasteiger partial charge < -0.3 is 15.0 Å². The van der Waals surface area contributed by atoms with Crippen molar-refractivity contribution in [3.05, 3.63) is 32.5 Å². The summed E-state index contributed by atoms with van der Waals surface area (Å²) in [7, 11) is 0. The molecule has 0 unspecified atom stereocenters. The quantitative estimate of drug-likeness (QED) is 0.527. The number of ether oxygens (including phenoxy) is 1. The highest BCUT2D eigenvalue weighted by molar-refractivity contribution is 9.10. The van der Waals surface area contributed by atoms with Gasteiger partial charge in [-0.1, -0.05) is 0 Å². The number of rotatable bonds is 5. The van der Waals surface area contributed by atoms with Crippen LogP contribution in [0.4, 0.5) is 20.6 Å². The summed E-state index contributed by atoms with van der Waals surface area (Å²) in [5, 5.41) is 14.0. The Morgan fingerprint density at radius 2 is 2.04 bits per heavy atom. The number of nitrogens with zero attached hydrogens (tertiary/aromatic N) is 2. The number of nitro groups is 1. The van der Waals surface area contributed by atoms with E-state index in [4.69, 9.17) is 4.74 Å². The van der Waals surface area contributed by atoms with Crippen molar-refractivity contribution in [2.24, 2.45) is 5.92 Å². The maximum Gasteiger partial charge on any atom is 0.407 e. The first kappa shape index (κ1) is 21.4. The molecule has 2 rings (SSSR count).